The molecule has 366 valence electrons. The molecular formula is C55H49F2I2N4O7W-. The van der Waals surface area contributed by atoms with Gasteiger partial charge in [-0.2, -0.15) is 0 Å². The summed E-state index contributed by atoms with van der Waals surface area (Å²) in [4.78, 5) is 65.3. The van der Waals surface area contributed by atoms with Gasteiger partial charge in [-0.3, -0.25) is 14.4 Å². The molecule has 71 heavy (non-hydrogen) atoms. The molecule has 11 nitrogen and oxygen atoms in total. The number of anilines is 3. The number of nitrogen functional groups attached to an aromatic ring is 1. The number of Topliss-reactive ketones (excluding diaryl/α,β-unsaturated/α-hetero) is 1. The van der Waals surface area contributed by atoms with Crippen LogP contribution in [0.2, 0.25) is 0 Å². The Bertz CT molecular complexity index is 3710. The van der Waals surface area contributed by atoms with Crippen molar-refractivity contribution >= 4 is 90.0 Å². The van der Waals surface area contributed by atoms with Crippen LogP contribution in [-0.4, -0.2) is 14.9 Å². The molecule has 4 aromatic heterocycles. The zero-order valence-electron chi connectivity index (χ0n) is 39.7. The van der Waals surface area contributed by atoms with Gasteiger partial charge in [-0.1, -0.05) is 42.5 Å². The van der Waals surface area contributed by atoms with Crippen LogP contribution in [0.4, 0.5) is 25.8 Å². The Hall–Kier alpha value is -5.52. The Morgan fingerprint density at radius 3 is 1.77 bits per heavy atom. The van der Waals surface area contributed by atoms with Gasteiger partial charge in [-0.15, -0.1) is 0 Å². The number of hydrogen-bond acceptors (Lipinski definition) is 9. The molecule has 3 N–H and O–H groups in total. The van der Waals surface area contributed by atoms with Crippen molar-refractivity contribution in [2.75, 3.05) is 11.1 Å². The van der Waals surface area contributed by atoms with Crippen LogP contribution in [0.25, 0.3) is 44.2 Å². The number of nitrogens with one attached hydrogen (secondary N) is 1. The molecule has 0 aliphatic heterocycles. The van der Waals surface area contributed by atoms with E-state index >= 15 is 0 Å². The summed E-state index contributed by atoms with van der Waals surface area (Å²) in [5, 5.41) is 3.55. The summed E-state index contributed by atoms with van der Waals surface area (Å²) in [7, 11) is 0. The minimum absolute atomic E-state index is 0. The summed E-state index contributed by atoms with van der Waals surface area (Å²) in [6.07, 6.45) is 3.97. The van der Waals surface area contributed by atoms with Gasteiger partial charge in [0.2, 0.25) is 0 Å². The number of carbonyl (C=O) groups excluding carboxylic acids is 1. The first-order valence-electron chi connectivity index (χ1n) is 22.5. The largest absolute Gasteiger partial charge is 0.422 e. The molecule has 2 fully saturated rings. The van der Waals surface area contributed by atoms with Crippen molar-refractivity contribution in [3.8, 4) is 22.3 Å². The third-order valence-electron chi connectivity index (χ3n) is 12.8. The molecule has 0 radical (unpaired) electrons. The summed E-state index contributed by atoms with van der Waals surface area (Å²) in [6, 6.07) is 24.6. The summed E-state index contributed by atoms with van der Waals surface area (Å²) < 4.78 is 46.1. The number of rotatable bonds is 10. The SMILES string of the molecule is CC(=O)Cc1cccc(-c2c(C)n(C3CC3)c(=O)c3c(Cc4ccc(I)cc4F)c(C)c(=O)oc23)c1.Cc1c(Nc2ccc(I)cc2F)c2c(=O)n(C3CC3)c(C)c(-c3cccc(N)c3)c2oc1=O.[CH3-].[W]. The van der Waals surface area contributed by atoms with Gasteiger partial charge < -0.3 is 36.4 Å². The maximum Gasteiger partial charge on any atom is 0.341 e. The van der Waals surface area contributed by atoms with E-state index in [4.69, 9.17) is 14.6 Å². The molecule has 4 aromatic carbocycles. The number of hydrogen-bond donors (Lipinski definition) is 2. The van der Waals surface area contributed by atoms with Gasteiger partial charge in [-0.05, 0) is 176 Å². The van der Waals surface area contributed by atoms with Gasteiger partial charge in [-0.25, -0.2) is 18.4 Å². The Balaban J connectivity index is 0.000000204. The monoisotopic (exact) mass is 1350 g/mol. The number of nitrogens with two attached hydrogens (primary N) is 1. The number of aromatic nitrogens is 2. The van der Waals surface area contributed by atoms with E-state index in [9.17, 15) is 32.8 Å². The number of pyridine rings is 2. The van der Waals surface area contributed by atoms with Crippen molar-refractivity contribution in [1.82, 2.24) is 9.13 Å². The van der Waals surface area contributed by atoms with E-state index in [0.717, 1.165) is 49.5 Å². The summed E-state index contributed by atoms with van der Waals surface area (Å²) in [5.74, 6) is -0.816. The molecule has 0 unspecified atom stereocenters. The van der Waals surface area contributed by atoms with E-state index in [1.807, 2.05) is 95.4 Å². The molecule has 0 bridgehead atoms. The topological polar surface area (TPSA) is 160 Å². The standard InChI is InChI=1S/C29H25FINO4.C25H21FIN3O3.CH3.W/c1-15(33)11-18-5-4-6-20(12-18)25-17(3)32(22-9-10-22)28(34)26-23(16(2)29(35)36-27(25)26)13-19-7-8-21(31)14-24(19)30;1-12-22(29-19-9-6-15(27)11-18(19)26)21-23(33-25(12)32)20(14-4-3-5-16(28)10-14)13(2)30(24(21)31)17-7-8-17;;/h4-8,12,14,22H,9-11,13H2,1-3H3;3-6,9-11,17,29H,7-8,28H2,1-2H3;1H3;/q;;-1;. The number of nitrogens with zero attached hydrogens (tertiary/aromatic N) is 2. The first-order valence-corrected chi connectivity index (χ1v) is 24.6. The number of fused-ring (bicyclic) bond motifs is 2. The summed E-state index contributed by atoms with van der Waals surface area (Å²) in [5.41, 5.74) is 12.2. The second-order valence-electron chi connectivity index (χ2n) is 17.9. The molecule has 0 saturated heterocycles. The number of carbonyl (C=O) groups is 1. The first kappa shape index (κ1) is 53.3. The minimum atomic E-state index is -0.593. The second-order valence-corrected chi connectivity index (χ2v) is 20.4. The Labute approximate surface area is 449 Å². The normalized spacial score (nSPS) is 13.0. The van der Waals surface area contributed by atoms with Crippen molar-refractivity contribution in [3.63, 3.8) is 0 Å². The molecule has 0 atom stereocenters. The van der Waals surface area contributed by atoms with Crippen LogP contribution in [0.3, 0.4) is 0 Å². The zero-order valence-corrected chi connectivity index (χ0v) is 47.0. The molecule has 2 saturated carbocycles. The zero-order chi connectivity index (χ0) is 49.2. The van der Waals surface area contributed by atoms with E-state index in [0.29, 0.717) is 50.3 Å². The molecule has 2 aliphatic carbocycles. The van der Waals surface area contributed by atoms with Gasteiger partial charge in [0, 0.05) is 86.9 Å². The van der Waals surface area contributed by atoms with Crippen molar-refractivity contribution in [3.05, 3.63) is 192 Å². The molecule has 2 aliphatic rings. The van der Waals surface area contributed by atoms with Crippen molar-refractivity contribution in [1.29, 1.82) is 0 Å². The van der Waals surface area contributed by atoms with Crippen LogP contribution >= 0.6 is 45.2 Å². The predicted molar refractivity (Wildman–Crippen MR) is 289 cm³/mol. The first-order chi connectivity index (χ1) is 32.9. The predicted octanol–water partition coefficient (Wildman–Crippen LogP) is 12.1. The Morgan fingerprint density at radius 1 is 0.704 bits per heavy atom. The van der Waals surface area contributed by atoms with Crippen molar-refractivity contribution < 1.29 is 43.5 Å². The van der Waals surface area contributed by atoms with Gasteiger partial charge in [0.25, 0.3) is 11.1 Å². The third kappa shape index (κ3) is 10.5. The molecule has 0 amide bonds. The molecule has 16 heteroatoms. The van der Waals surface area contributed by atoms with Crippen LogP contribution in [0.5, 0.6) is 0 Å². The second kappa shape index (κ2) is 21.3. The molecule has 0 spiro atoms. The van der Waals surface area contributed by atoms with Gasteiger partial charge >= 0.3 is 11.3 Å². The maximum atomic E-state index is 14.8. The number of ketones is 1. The molecule has 8 aromatic rings. The van der Waals surface area contributed by atoms with Crippen molar-refractivity contribution in [2.24, 2.45) is 0 Å². The van der Waals surface area contributed by atoms with E-state index in [1.54, 1.807) is 66.3 Å². The number of benzene rings is 4. The van der Waals surface area contributed by atoms with E-state index in [-0.39, 0.29) is 110 Å². The van der Waals surface area contributed by atoms with Gasteiger partial charge in [0.1, 0.15) is 22.8 Å². The summed E-state index contributed by atoms with van der Waals surface area (Å²) in [6.45, 7) is 8.45. The third-order valence-corrected chi connectivity index (χ3v) is 14.2. The summed E-state index contributed by atoms with van der Waals surface area (Å²) >= 11 is 4.07. The van der Waals surface area contributed by atoms with Crippen LogP contribution in [0.1, 0.15) is 83.9 Å². The molecular weight excluding hydrogens is 1300 g/mol. The van der Waals surface area contributed by atoms with Gasteiger partial charge in [0.15, 0.2) is 11.2 Å². The van der Waals surface area contributed by atoms with Crippen molar-refractivity contribution in [2.45, 2.75) is 85.2 Å². The molecule has 10 rings (SSSR count). The molecule has 4 heterocycles. The maximum absolute atomic E-state index is 14.8. The van der Waals surface area contributed by atoms with E-state index in [2.05, 4.69) is 5.32 Å². The van der Waals surface area contributed by atoms with Crippen LogP contribution in [-0.2, 0) is 38.7 Å². The Kier molecular flexibility index (Phi) is 16.0. The van der Waals surface area contributed by atoms with Crippen LogP contribution in [0.15, 0.2) is 113 Å². The van der Waals surface area contributed by atoms with Crippen LogP contribution < -0.4 is 33.4 Å². The fraction of sp³-hybridized carbons (Fsp3) is 0.236. The fourth-order valence-electron chi connectivity index (χ4n) is 9.19. The van der Waals surface area contributed by atoms with E-state index < -0.39 is 17.1 Å². The minimum Gasteiger partial charge on any atom is -0.422 e. The average Bonchev–Trinajstić information content (AvgIpc) is 4.23. The fourth-order valence-corrected chi connectivity index (χ4v) is 10.1. The number of halogens is 4. The Morgan fingerprint density at radius 2 is 1.23 bits per heavy atom. The van der Waals surface area contributed by atoms with Crippen LogP contribution in [0, 0.1) is 53.9 Å². The van der Waals surface area contributed by atoms with Gasteiger partial charge in [0.05, 0.1) is 22.3 Å². The quantitative estimate of drug-likeness (QED) is 0.0772. The van der Waals surface area contributed by atoms with E-state index in [1.165, 1.54) is 12.1 Å². The average molecular weight is 1350 g/mol. The smallest absolute Gasteiger partial charge is 0.341 e.